The van der Waals surface area contributed by atoms with E-state index in [1.165, 1.54) is 11.8 Å². The van der Waals surface area contributed by atoms with Crippen molar-refractivity contribution < 1.29 is 29.0 Å². The summed E-state index contributed by atoms with van der Waals surface area (Å²) in [7, 11) is 0.728. The lowest BCUT2D eigenvalue weighted by molar-refractivity contribution is -0.150. The second-order valence-electron chi connectivity index (χ2n) is 5.82. The Bertz CT molecular complexity index is 686. The smallest absolute Gasteiger partial charge is 0.407 e. The molecule has 0 aromatic heterocycles. The molecule has 0 aromatic rings. The number of hydrogen-bond acceptors (Lipinski definition) is 7. The molecule has 0 bridgehead atoms. The maximum absolute atomic E-state index is 12.4. The highest BCUT2D eigenvalue weighted by Gasteiger charge is 2.54. The number of carboxylic acid groups (broad SMARTS) is 1. The fraction of sp³-hybridized carbons (Fsp3) is 0.600. The number of alkyl carbamates (subject to hydrolysis) is 1. The minimum atomic E-state index is -1.27. The zero-order valence-corrected chi connectivity index (χ0v) is 17.1. The fourth-order valence-corrected chi connectivity index (χ4v) is 4.48. The number of ether oxygens (including phenoxy) is 1. The molecule has 3 N–H and O–H groups in total. The lowest BCUT2D eigenvalue weighted by Crippen LogP contribution is -2.70. The number of aliphatic carboxylic acids is 1. The van der Waals surface area contributed by atoms with Crippen LogP contribution in [-0.2, 0) is 30.9 Å². The largest absolute Gasteiger partial charge is 0.477 e. The van der Waals surface area contributed by atoms with Crippen LogP contribution in [-0.4, -0.2) is 70.4 Å². The number of hydrogen-bond donors (Lipinski definition) is 3. The van der Waals surface area contributed by atoms with E-state index in [0.717, 1.165) is 12.3 Å². The maximum Gasteiger partial charge on any atom is 0.407 e. The van der Waals surface area contributed by atoms with E-state index in [9.17, 15) is 24.3 Å². The Labute approximate surface area is 167 Å². The van der Waals surface area contributed by atoms with Crippen molar-refractivity contribution in [1.82, 2.24) is 15.5 Å². The van der Waals surface area contributed by atoms with Gasteiger partial charge in [0.1, 0.15) is 23.7 Å². The van der Waals surface area contributed by atoms with Crippen LogP contribution in [0.2, 0.25) is 0 Å². The quantitative estimate of drug-likeness (QED) is 0.275. The van der Waals surface area contributed by atoms with Gasteiger partial charge in [-0.15, -0.1) is 11.8 Å². The van der Waals surface area contributed by atoms with E-state index in [1.807, 2.05) is 6.92 Å². The van der Waals surface area contributed by atoms with Crippen molar-refractivity contribution in [3.05, 3.63) is 11.3 Å². The van der Waals surface area contributed by atoms with Crippen molar-refractivity contribution >= 4 is 54.8 Å². The Kier molecular flexibility index (Phi) is 8.00. The first-order valence-electron chi connectivity index (χ1n) is 8.29. The molecular formula is C15H20N3O6PS2. The molecule has 2 aliphatic heterocycles. The van der Waals surface area contributed by atoms with Gasteiger partial charge in [0, 0.05) is 30.5 Å². The van der Waals surface area contributed by atoms with Gasteiger partial charge in [0.2, 0.25) is 5.91 Å². The number of carbonyl (C=O) groups is 4. The number of nitrogens with one attached hydrogen (secondary N) is 2. The van der Waals surface area contributed by atoms with E-state index >= 15 is 0 Å². The van der Waals surface area contributed by atoms with Crippen molar-refractivity contribution in [2.75, 3.05) is 25.1 Å². The van der Waals surface area contributed by atoms with Crippen LogP contribution in [0, 0.1) is 0 Å². The molecule has 148 valence electrons. The van der Waals surface area contributed by atoms with Crippen LogP contribution in [0.25, 0.3) is 0 Å². The van der Waals surface area contributed by atoms with E-state index < -0.39 is 29.4 Å². The van der Waals surface area contributed by atoms with Crippen LogP contribution >= 0.6 is 19.1 Å². The second kappa shape index (κ2) is 10.0. The molecule has 0 aromatic carbocycles. The van der Waals surface area contributed by atoms with Gasteiger partial charge in [-0.05, 0) is 13.8 Å². The zero-order chi connectivity index (χ0) is 20.0. The Morgan fingerprint density at radius 2 is 2.19 bits per heavy atom. The Morgan fingerprint density at radius 1 is 1.44 bits per heavy atom. The van der Waals surface area contributed by atoms with Gasteiger partial charge in [0.05, 0.1) is 0 Å². The lowest BCUT2D eigenvalue weighted by Gasteiger charge is -2.49. The second-order valence-corrected chi connectivity index (χ2v) is 8.40. The molecule has 0 aliphatic carbocycles. The summed E-state index contributed by atoms with van der Waals surface area (Å²) in [6.07, 6.45) is 0.905. The van der Waals surface area contributed by atoms with Crippen molar-refractivity contribution in [3.8, 4) is 0 Å². The van der Waals surface area contributed by atoms with Gasteiger partial charge in [-0.2, -0.15) is 0 Å². The number of fused-ring (bicyclic) bond motifs is 1. The first-order chi connectivity index (χ1) is 12.9. The van der Waals surface area contributed by atoms with E-state index in [0.29, 0.717) is 31.1 Å². The molecule has 12 heteroatoms. The summed E-state index contributed by atoms with van der Waals surface area (Å²) in [6, 6.07) is -0.730. The van der Waals surface area contributed by atoms with Crippen LogP contribution in [0.15, 0.2) is 11.3 Å². The van der Waals surface area contributed by atoms with Gasteiger partial charge < -0.3 is 20.5 Å². The van der Waals surface area contributed by atoms with E-state index in [-0.39, 0.29) is 24.0 Å². The fourth-order valence-electron chi connectivity index (χ4n) is 2.67. The molecule has 27 heavy (non-hydrogen) atoms. The molecule has 2 atom stereocenters. The SMILES string of the molecule is CCCC(=O)NC1C(=O)N2C(C(=O)O)=C(COC(=O)NCCP=S)CSC12. The van der Waals surface area contributed by atoms with Gasteiger partial charge in [-0.25, -0.2) is 9.59 Å². The molecule has 1 saturated heterocycles. The highest BCUT2D eigenvalue weighted by Crippen LogP contribution is 2.40. The van der Waals surface area contributed by atoms with Crippen LogP contribution < -0.4 is 10.6 Å². The number of carbonyl (C=O) groups excluding carboxylic acids is 3. The van der Waals surface area contributed by atoms with Crippen molar-refractivity contribution in [1.29, 1.82) is 0 Å². The third-order valence-corrected chi connectivity index (χ3v) is 6.19. The molecule has 0 saturated carbocycles. The summed E-state index contributed by atoms with van der Waals surface area (Å²) < 4.78 is 5.05. The topological polar surface area (TPSA) is 125 Å². The average molecular weight is 433 g/mol. The van der Waals surface area contributed by atoms with Gasteiger partial charge in [-0.3, -0.25) is 14.5 Å². The highest BCUT2D eigenvalue weighted by atomic mass is 32.4. The highest BCUT2D eigenvalue weighted by molar-refractivity contribution is 8.00. The van der Waals surface area contributed by atoms with Crippen LogP contribution in [0.3, 0.4) is 0 Å². The minimum absolute atomic E-state index is 0.179. The molecule has 2 rings (SSSR count). The van der Waals surface area contributed by atoms with Crippen LogP contribution in [0.1, 0.15) is 19.8 Å². The van der Waals surface area contributed by atoms with E-state index in [1.54, 1.807) is 0 Å². The molecule has 2 unspecified atom stereocenters. The van der Waals surface area contributed by atoms with Gasteiger partial charge in [0.25, 0.3) is 5.91 Å². The van der Waals surface area contributed by atoms with Crippen molar-refractivity contribution in [2.45, 2.75) is 31.2 Å². The normalized spacial score (nSPS) is 21.4. The van der Waals surface area contributed by atoms with Gasteiger partial charge in [0.15, 0.2) is 0 Å². The number of thioether (sulfide) groups is 1. The third kappa shape index (κ3) is 5.18. The Morgan fingerprint density at radius 3 is 2.81 bits per heavy atom. The predicted molar refractivity (Wildman–Crippen MR) is 103 cm³/mol. The number of nitrogens with zero attached hydrogens (tertiary/aromatic N) is 1. The average Bonchev–Trinajstić information content (AvgIpc) is 2.63. The summed E-state index contributed by atoms with van der Waals surface area (Å²) in [5, 5.41) is 14.2. The molecular weight excluding hydrogens is 413 g/mol. The standard InChI is InChI=1S/C15H20N3O6PS2/c1-2-3-9(19)17-10-12(20)18-11(14(21)22)8(7-27-13(10)18)6-24-15(23)16-4-5-25-26/h10,13H,2-7H2,1H3,(H,16,23)(H,17,19)(H,21,22). The summed E-state index contributed by atoms with van der Waals surface area (Å²) >= 11 is 6.08. The van der Waals surface area contributed by atoms with Crippen molar-refractivity contribution in [3.63, 3.8) is 0 Å². The number of carboxylic acids is 1. The first kappa shape index (κ1) is 21.6. The summed E-state index contributed by atoms with van der Waals surface area (Å²) in [5.41, 5.74) is 0.161. The molecule has 9 nitrogen and oxygen atoms in total. The lowest BCUT2D eigenvalue weighted by atomic mass is 10.0. The van der Waals surface area contributed by atoms with Crippen LogP contribution in [0.5, 0.6) is 0 Å². The van der Waals surface area contributed by atoms with Gasteiger partial charge >= 0.3 is 12.1 Å². The molecule has 3 amide bonds. The first-order valence-corrected chi connectivity index (χ1v) is 11.4. The number of β-lactam (4-membered cyclic amide) rings is 1. The third-order valence-electron chi connectivity index (χ3n) is 3.89. The maximum atomic E-state index is 12.4. The summed E-state index contributed by atoms with van der Waals surface area (Å²) in [6.45, 7) is 2.00. The predicted octanol–water partition coefficient (Wildman–Crippen LogP) is 0.659. The minimum Gasteiger partial charge on any atom is -0.477 e. The Hall–Kier alpha value is -1.71. The number of rotatable bonds is 9. The Balaban J connectivity index is 2.02. The molecule has 0 radical (unpaired) electrons. The van der Waals surface area contributed by atoms with E-state index in [4.69, 9.17) is 16.5 Å². The number of amides is 3. The molecule has 1 fully saturated rings. The molecule has 2 aliphatic rings. The van der Waals surface area contributed by atoms with Gasteiger partial charge in [-0.1, -0.05) is 18.7 Å². The van der Waals surface area contributed by atoms with E-state index in [2.05, 4.69) is 10.6 Å². The van der Waals surface area contributed by atoms with Crippen molar-refractivity contribution in [2.24, 2.45) is 0 Å². The summed E-state index contributed by atoms with van der Waals surface area (Å²) in [4.78, 5) is 48.6. The summed E-state index contributed by atoms with van der Waals surface area (Å²) in [5.74, 6) is -1.69. The monoisotopic (exact) mass is 433 g/mol. The molecule has 0 spiro atoms. The van der Waals surface area contributed by atoms with Crippen LogP contribution in [0.4, 0.5) is 4.79 Å². The zero-order valence-electron chi connectivity index (χ0n) is 14.6. The molecule has 2 heterocycles.